The molecule has 110 valence electrons. The predicted molar refractivity (Wildman–Crippen MR) is 77.5 cm³/mol. The Morgan fingerprint density at radius 3 is 2.65 bits per heavy atom. The van der Waals surface area contributed by atoms with Gasteiger partial charge in [0, 0.05) is 32.9 Å². The second-order valence-electron chi connectivity index (χ2n) is 4.57. The van der Waals surface area contributed by atoms with Crippen molar-refractivity contribution < 1.29 is 22.1 Å². The summed E-state index contributed by atoms with van der Waals surface area (Å²) in [5.74, 6) is 0.938. The molecular weight excluding hydrogens is 292 g/mol. The van der Waals surface area contributed by atoms with Crippen LogP contribution >= 0.6 is 0 Å². The lowest BCUT2D eigenvalue weighted by Gasteiger charge is -2.24. The average molecular weight is 312 g/mol. The molecule has 0 saturated carbocycles. The number of aryl methyl sites for hydroxylation is 1. The van der Waals surface area contributed by atoms with Crippen molar-refractivity contribution in [3.63, 3.8) is 0 Å². The van der Waals surface area contributed by atoms with Crippen molar-refractivity contribution in [1.29, 1.82) is 0 Å². The fourth-order valence-electron chi connectivity index (χ4n) is 2.25. The molecule has 2 rings (SSSR count). The van der Waals surface area contributed by atoms with Gasteiger partial charge < -0.3 is 22.1 Å². The van der Waals surface area contributed by atoms with Crippen molar-refractivity contribution in [3.05, 3.63) is 29.3 Å². The first kappa shape index (κ1) is 15.7. The molecule has 0 aliphatic carbocycles. The summed E-state index contributed by atoms with van der Waals surface area (Å²) in [7, 11) is 2.61. The predicted octanol–water partition coefficient (Wildman–Crippen LogP) is 1.94. The number of rotatable bonds is 7. The topological polar surface area (TPSA) is 46.2 Å². The van der Waals surface area contributed by atoms with Crippen LogP contribution in [0, 0.1) is 0 Å². The van der Waals surface area contributed by atoms with Crippen LogP contribution in [0.5, 0.6) is 5.75 Å². The van der Waals surface area contributed by atoms with Crippen molar-refractivity contribution in [2.24, 2.45) is 0 Å². The van der Waals surface area contributed by atoms with Gasteiger partial charge in [0.2, 0.25) is 0 Å². The molecule has 0 N–H and O–H groups in total. The highest BCUT2D eigenvalue weighted by Gasteiger charge is 2.36. The van der Waals surface area contributed by atoms with Crippen LogP contribution in [0.15, 0.2) is 18.2 Å². The van der Waals surface area contributed by atoms with E-state index in [4.69, 9.17) is 22.1 Å². The second-order valence-corrected chi connectivity index (χ2v) is 8.32. The van der Waals surface area contributed by atoms with E-state index in [0.29, 0.717) is 6.61 Å². The summed E-state index contributed by atoms with van der Waals surface area (Å²) in [6.07, 6.45) is 1.92. The number of hydrogen-bond acceptors (Lipinski definition) is 5. The molecule has 0 fully saturated rings. The largest absolute Gasteiger partial charge is 0.521 e. The van der Waals surface area contributed by atoms with Gasteiger partial charge in [-0.25, -0.2) is 0 Å². The van der Waals surface area contributed by atoms with Gasteiger partial charge in [-0.1, -0.05) is 6.07 Å². The first-order valence-corrected chi connectivity index (χ1v) is 9.29. The van der Waals surface area contributed by atoms with Crippen LogP contribution in [0.3, 0.4) is 0 Å². The van der Waals surface area contributed by atoms with E-state index in [0.717, 1.165) is 30.2 Å². The van der Waals surface area contributed by atoms with Crippen molar-refractivity contribution in [3.8, 4) is 5.75 Å². The highest BCUT2D eigenvalue weighted by molar-refractivity contribution is 6.60. The van der Waals surface area contributed by atoms with E-state index in [-0.39, 0.29) is 10.0 Å². The first-order chi connectivity index (χ1) is 9.73. The Balaban J connectivity index is 1.91. The minimum absolute atomic E-state index is 0.114. The zero-order chi connectivity index (χ0) is 14.4. The van der Waals surface area contributed by atoms with Crippen LogP contribution in [0.4, 0.5) is 0 Å². The zero-order valence-electron chi connectivity index (χ0n) is 12.1. The summed E-state index contributed by atoms with van der Waals surface area (Å²) in [6.45, 7) is 0.633. The number of hydrogen-bond donors (Lipinski definition) is 0. The highest BCUT2D eigenvalue weighted by Crippen LogP contribution is 2.25. The molecule has 20 heavy (non-hydrogen) atoms. The fourth-order valence-corrected chi connectivity index (χ4v) is 4.53. The van der Waals surface area contributed by atoms with E-state index in [1.54, 1.807) is 21.3 Å². The Kier molecular flexibility index (Phi) is 5.76. The van der Waals surface area contributed by atoms with Crippen molar-refractivity contribution in [1.82, 2.24) is 0 Å². The summed E-state index contributed by atoms with van der Waals surface area (Å²) in [5, 5.41) is 0. The second kappa shape index (κ2) is 7.34. The summed E-state index contributed by atoms with van der Waals surface area (Å²) in [4.78, 5) is 0. The van der Waals surface area contributed by atoms with E-state index in [2.05, 4.69) is 12.1 Å². The van der Waals surface area contributed by atoms with Crippen molar-refractivity contribution in [2.75, 3.05) is 21.3 Å². The van der Waals surface area contributed by atoms with Crippen LogP contribution in [0.1, 0.15) is 17.5 Å². The molecule has 0 unspecified atom stereocenters. The third-order valence-corrected chi connectivity index (χ3v) is 6.84. The van der Waals surface area contributed by atoms with Gasteiger partial charge in [0.05, 0.1) is 6.61 Å². The first-order valence-electron chi connectivity index (χ1n) is 6.54. The SMILES string of the molecule is CO[Si](CCCc1ccc2c(c1)CO[Si]O2)(OC)OC. The standard InChI is InChI=1S/C13H20O5Si2/c1-14-20(15-2,16-3)8-4-5-11-6-7-13-12(9-11)10-17-19-18-13/h6-7,9H,4-5,8,10H2,1-3H3. The summed E-state index contributed by atoms with van der Waals surface area (Å²) in [6, 6.07) is 7.08. The van der Waals surface area contributed by atoms with Crippen LogP contribution < -0.4 is 4.43 Å². The van der Waals surface area contributed by atoms with Gasteiger partial charge in [0.25, 0.3) is 0 Å². The van der Waals surface area contributed by atoms with E-state index >= 15 is 0 Å². The Hall–Kier alpha value is -0.706. The molecule has 1 aliphatic heterocycles. The number of fused-ring (bicyclic) bond motifs is 1. The Bertz CT molecular complexity index is 429. The molecule has 1 aliphatic rings. The molecule has 0 aromatic heterocycles. The van der Waals surface area contributed by atoms with E-state index in [1.807, 2.05) is 6.07 Å². The van der Waals surface area contributed by atoms with Gasteiger partial charge in [0.1, 0.15) is 5.75 Å². The molecular formula is C13H20O5Si2. The van der Waals surface area contributed by atoms with E-state index < -0.39 is 8.80 Å². The molecule has 0 atom stereocenters. The van der Waals surface area contributed by atoms with E-state index in [9.17, 15) is 0 Å². The van der Waals surface area contributed by atoms with Gasteiger partial charge in [0.15, 0.2) is 0 Å². The lowest BCUT2D eigenvalue weighted by atomic mass is 10.1. The van der Waals surface area contributed by atoms with Gasteiger partial charge in [-0.05, 0) is 30.5 Å². The average Bonchev–Trinajstić information content (AvgIpc) is 2.52. The molecule has 7 heteroatoms. The number of benzene rings is 1. The van der Waals surface area contributed by atoms with Crippen LogP contribution in [0.2, 0.25) is 6.04 Å². The molecule has 0 saturated heterocycles. The maximum Gasteiger partial charge on any atom is 0.521 e. The Labute approximate surface area is 123 Å². The van der Waals surface area contributed by atoms with Gasteiger partial charge in [-0.15, -0.1) is 0 Å². The minimum Gasteiger partial charge on any atom is -0.517 e. The maximum absolute atomic E-state index is 5.44. The van der Waals surface area contributed by atoms with Crippen LogP contribution in [0.25, 0.3) is 0 Å². The van der Waals surface area contributed by atoms with Gasteiger partial charge in [-0.2, -0.15) is 0 Å². The minimum atomic E-state index is -2.45. The molecule has 5 nitrogen and oxygen atoms in total. The maximum atomic E-state index is 5.44. The lowest BCUT2D eigenvalue weighted by Crippen LogP contribution is -2.42. The third kappa shape index (κ3) is 3.69. The zero-order valence-corrected chi connectivity index (χ0v) is 14.1. The smallest absolute Gasteiger partial charge is 0.517 e. The summed E-state index contributed by atoms with van der Waals surface area (Å²) < 4.78 is 27.0. The highest BCUT2D eigenvalue weighted by atomic mass is 28.4. The van der Waals surface area contributed by atoms with Crippen molar-refractivity contribution >= 4 is 18.8 Å². The van der Waals surface area contributed by atoms with Crippen LogP contribution in [-0.4, -0.2) is 40.1 Å². The molecule has 0 amide bonds. The van der Waals surface area contributed by atoms with Crippen molar-refractivity contribution in [2.45, 2.75) is 25.5 Å². The fraction of sp³-hybridized carbons (Fsp3) is 0.538. The van der Waals surface area contributed by atoms with Gasteiger partial charge in [-0.3, -0.25) is 0 Å². The molecule has 1 aromatic carbocycles. The molecule has 0 bridgehead atoms. The molecule has 1 heterocycles. The Morgan fingerprint density at radius 2 is 1.95 bits per heavy atom. The monoisotopic (exact) mass is 312 g/mol. The third-order valence-electron chi connectivity index (χ3n) is 3.44. The van der Waals surface area contributed by atoms with Crippen LogP contribution in [-0.2, 0) is 30.7 Å². The lowest BCUT2D eigenvalue weighted by molar-refractivity contribution is 0.123. The molecule has 1 aromatic rings. The normalized spacial score (nSPS) is 14.8. The Morgan fingerprint density at radius 1 is 1.20 bits per heavy atom. The molecule has 0 spiro atoms. The molecule has 2 radical (unpaired) electrons. The van der Waals surface area contributed by atoms with E-state index in [1.165, 1.54) is 5.56 Å². The summed E-state index contributed by atoms with van der Waals surface area (Å²) >= 11 is 0. The summed E-state index contributed by atoms with van der Waals surface area (Å²) in [5.41, 5.74) is 2.39. The quantitative estimate of drug-likeness (QED) is 0.720. The van der Waals surface area contributed by atoms with Gasteiger partial charge >= 0.3 is 18.8 Å².